The number of sulfonamides is 1. The Labute approximate surface area is 155 Å². The molecule has 1 fully saturated rings. The summed E-state index contributed by atoms with van der Waals surface area (Å²) in [5.74, 6) is -0.0843. The SMILES string of the molecule is O=C1NCCN(S(=O)(=O)c2ccc3c(c2)OCCO3)C1c1ccc(F)cc1. The predicted octanol–water partition coefficient (Wildman–Crippen LogP) is 1.46. The zero-order chi connectivity index (χ0) is 19.0. The molecule has 2 aliphatic rings. The number of rotatable bonds is 3. The number of nitrogens with zero attached hydrogens (tertiary/aromatic N) is 1. The van der Waals surface area contributed by atoms with E-state index in [1.807, 2.05) is 0 Å². The van der Waals surface area contributed by atoms with Crippen LogP contribution in [0.25, 0.3) is 0 Å². The molecule has 27 heavy (non-hydrogen) atoms. The van der Waals surface area contributed by atoms with Crippen molar-refractivity contribution in [2.45, 2.75) is 10.9 Å². The molecule has 2 aromatic carbocycles. The highest BCUT2D eigenvalue weighted by molar-refractivity contribution is 7.89. The summed E-state index contributed by atoms with van der Waals surface area (Å²) in [6.07, 6.45) is 0. The Balaban J connectivity index is 1.74. The second kappa shape index (κ2) is 6.82. The summed E-state index contributed by atoms with van der Waals surface area (Å²) in [5.41, 5.74) is 0.398. The minimum absolute atomic E-state index is 0.00793. The molecule has 1 saturated heterocycles. The molecule has 0 spiro atoms. The first kappa shape index (κ1) is 17.7. The van der Waals surface area contributed by atoms with Crippen LogP contribution >= 0.6 is 0 Å². The highest BCUT2D eigenvalue weighted by Gasteiger charge is 2.39. The summed E-state index contributed by atoms with van der Waals surface area (Å²) in [6, 6.07) is 8.53. The molecule has 2 aromatic rings. The molecular formula is C18H17FN2O5S. The van der Waals surface area contributed by atoms with Crippen LogP contribution < -0.4 is 14.8 Å². The molecular weight excluding hydrogens is 375 g/mol. The zero-order valence-corrected chi connectivity index (χ0v) is 15.0. The van der Waals surface area contributed by atoms with E-state index in [1.165, 1.54) is 42.5 Å². The lowest BCUT2D eigenvalue weighted by molar-refractivity contribution is -0.126. The van der Waals surface area contributed by atoms with Gasteiger partial charge in [-0.2, -0.15) is 4.31 Å². The Hall–Kier alpha value is -2.65. The van der Waals surface area contributed by atoms with Crippen LogP contribution in [-0.2, 0) is 14.8 Å². The maximum absolute atomic E-state index is 13.2. The summed E-state index contributed by atoms with van der Waals surface area (Å²) >= 11 is 0. The van der Waals surface area contributed by atoms with Crippen LogP contribution in [0.3, 0.4) is 0 Å². The van der Waals surface area contributed by atoms with Gasteiger partial charge in [0.15, 0.2) is 11.5 Å². The van der Waals surface area contributed by atoms with Gasteiger partial charge in [-0.05, 0) is 29.8 Å². The van der Waals surface area contributed by atoms with Crippen LogP contribution in [0.15, 0.2) is 47.4 Å². The van der Waals surface area contributed by atoms with Gasteiger partial charge in [0, 0.05) is 19.2 Å². The molecule has 0 radical (unpaired) electrons. The second-order valence-electron chi connectivity index (χ2n) is 6.17. The van der Waals surface area contributed by atoms with Crippen molar-refractivity contribution in [3.8, 4) is 11.5 Å². The number of benzene rings is 2. The fourth-order valence-corrected chi connectivity index (χ4v) is 4.78. The van der Waals surface area contributed by atoms with Crippen molar-refractivity contribution >= 4 is 15.9 Å². The quantitative estimate of drug-likeness (QED) is 0.855. The van der Waals surface area contributed by atoms with Crippen LogP contribution in [-0.4, -0.2) is 44.9 Å². The summed E-state index contributed by atoms with van der Waals surface area (Å²) in [5, 5.41) is 2.67. The van der Waals surface area contributed by atoms with E-state index in [0.717, 1.165) is 4.31 Å². The van der Waals surface area contributed by atoms with E-state index in [1.54, 1.807) is 0 Å². The van der Waals surface area contributed by atoms with Gasteiger partial charge in [0.1, 0.15) is 25.1 Å². The fraction of sp³-hybridized carbons (Fsp3) is 0.278. The Bertz CT molecular complexity index is 978. The minimum Gasteiger partial charge on any atom is -0.486 e. The Morgan fingerprint density at radius 2 is 1.74 bits per heavy atom. The van der Waals surface area contributed by atoms with Gasteiger partial charge in [0.25, 0.3) is 0 Å². The van der Waals surface area contributed by atoms with Gasteiger partial charge < -0.3 is 14.8 Å². The minimum atomic E-state index is -3.99. The van der Waals surface area contributed by atoms with E-state index < -0.39 is 27.8 Å². The number of nitrogens with one attached hydrogen (secondary N) is 1. The normalized spacial score (nSPS) is 20.2. The van der Waals surface area contributed by atoms with Gasteiger partial charge in [0.2, 0.25) is 15.9 Å². The monoisotopic (exact) mass is 392 g/mol. The van der Waals surface area contributed by atoms with E-state index >= 15 is 0 Å². The molecule has 142 valence electrons. The molecule has 0 aliphatic carbocycles. The molecule has 4 rings (SSSR count). The highest BCUT2D eigenvalue weighted by atomic mass is 32.2. The lowest BCUT2D eigenvalue weighted by atomic mass is 10.0. The highest BCUT2D eigenvalue weighted by Crippen LogP contribution is 2.35. The van der Waals surface area contributed by atoms with E-state index in [0.29, 0.717) is 30.3 Å². The van der Waals surface area contributed by atoms with Crippen molar-refractivity contribution in [2.24, 2.45) is 0 Å². The molecule has 1 amide bonds. The molecule has 1 atom stereocenters. The first-order valence-corrected chi connectivity index (χ1v) is 9.85. The Morgan fingerprint density at radius 1 is 1.04 bits per heavy atom. The van der Waals surface area contributed by atoms with Gasteiger partial charge in [-0.3, -0.25) is 4.79 Å². The van der Waals surface area contributed by atoms with Crippen molar-refractivity contribution in [1.29, 1.82) is 0 Å². The third kappa shape index (κ3) is 3.24. The summed E-state index contributed by atoms with van der Waals surface area (Å²) in [6.45, 7) is 1.03. The van der Waals surface area contributed by atoms with Gasteiger partial charge in [0.05, 0.1) is 4.90 Å². The molecule has 2 aliphatic heterocycles. The molecule has 7 nitrogen and oxygen atoms in total. The summed E-state index contributed by atoms with van der Waals surface area (Å²) < 4.78 is 51.8. The lowest BCUT2D eigenvalue weighted by Crippen LogP contribution is -2.52. The molecule has 9 heteroatoms. The number of fused-ring (bicyclic) bond motifs is 1. The Morgan fingerprint density at radius 3 is 2.48 bits per heavy atom. The average Bonchev–Trinajstić information content (AvgIpc) is 2.68. The number of hydrogen-bond donors (Lipinski definition) is 1. The fourth-order valence-electron chi connectivity index (χ4n) is 3.19. The van der Waals surface area contributed by atoms with Crippen molar-refractivity contribution in [3.63, 3.8) is 0 Å². The third-order valence-corrected chi connectivity index (χ3v) is 6.33. The Kier molecular flexibility index (Phi) is 4.48. The van der Waals surface area contributed by atoms with E-state index in [4.69, 9.17) is 9.47 Å². The third-order valence-electron chi connectivity index (χ3n) is 4.47. The standard InChI is InChI=1S/C18H17FN2O5S/c19-13-3-1-12(2-4-13)17-18(22)20-7-8-21(17)27(23,24)14-5-6-15-16(11-14)26-10-9-25-15/h1-6,11,17H,7-10H2,(H,20,22). The van der Waals surface area contributed by atoms with Gasteiger partial charge in [-0.1, -0.05) is 12.1 Å². The van der Waals surface area contributed by atoms with E-state index in [9.17, 15) is 17.6 Å². The van der Waals surface area contributed by atoms with E-state index in [2.05, 4.69) is 5.32 Å². The van der Waals surface area contributed by atoms with Crippen molar-refractivity contribution < 1.29 is 27.1 Å². The van der Waals surface area contributed by atoms with Crippen LogP contribution in [0.1, 0.15) is 11.6 Å². The zero-order valence-electron chi connectivity index (χ0n) is 14.2. The molecule has 1 N–H and O–H groups in total. The lowest BCUT2D eigenvalue weighted by Gasteiger charge is -2.34. The molecule has 2 heterocycles. The largest absolute Gasteiger partial charge is 0.486 e. The second-order valence-corrected chi connectivity index (χ2v) is 8.06. The van der Waals surface area contributed by atoms with Crippen molar-refractivity contribution in [3.05, 3.63) is 53.8 Å². The van der Waals surface area contributed by atoms with Gasteiger partial charge in [-0.15, -0.1) is 0 Å². The summed E-state index contributed by atoms with van der Waals surface area (Å²) in [4.78, 5) is 12.5. The van der Waals surface area contributed by atoms with Crippen molar-refractivity contribution in [1.82, 2.24) is 9.62 Å². The molecule has 1 unspecified atom stereocenters. The molecule has 0 bridgehead atoms. The topological polar surface area (TPSA) is 84.9 Å². The maximum Gasteiger partial charge on any atom is 0.244 e. The number of halogens is 1. The first-order chi connectivity index (χ1) is 13.0. The predicted molar refractivity (Wildman–Crippen MR) is 93.5 cm³/mol. The number of amides is 1. The molecule has 0 aromatic heterocycles. The van der Waals surface area contributed by atoms with E-state index in [-0.39, 0.29) is 18.0 Å². The van der Waals surface area contributed by atoms with Gasteiger partial charge in [-0.25, -0.2) is 12.8 Å². The van der Waals surface area contributed by atoms with Gasteiger partial charge >= 0.3 is 0 Å². The first-order valence-electron chi connectivity index (χ1n) is 8.41. The number of hydrogen-bond acceptors (Lipinski definition) is 5. The van der Waals surface area contributed by atoms with Crippen LogP contribution in [0.5, 0.6) is 11.5 Å². The summed E-state index contributed by atoms with van der Waals surface area (Å²) in [7, 11) is -3.99. The number of carbonyl (C=O) groups excluding carboxylic acids is 1. The number of carbonyl (C=O) groups is 1. The van der Waals surface area contributed by atoms with Crippen molar-refractivity contribution in [2.75, 3.05) is 26.3 Å². The molecule has 0 saturated carbocycles. The average molecular weight is 392 g/mol. The van der Waals surface area contributed by atoms with Crippen LogP contribution in [0.2, 0.25) is 0 Å². The van der Waals surface area contributed by atoms with Crippen LogP contribution in [0.4, 0.5) is 4.39 Å². The number of piperazine rings is 1. The smallest absolute Gasteiger partial charge is 0.244 e. The van der Waals surface area contributed by atoms with Crippen LogP contribution in [0, 0.1) is 5.82 Å². The maximum atomic E-state index is 13.2. The number of ether oxygens (including phenoxy) is 2.